The summed E-state index contributed by atoms with van der Waals surface area (Å²) >= 11 is 0. The fourth-order valence-corrected chi connectivity index (χ4v) is 2.03. The Morgan fingerprint density at radius 2 is 2.15 bits per heavy atom. The number of hydrogen-bond acceptors (Lipinski definition) is 3. The Morgan fingerprint density at radius 1 is 1.45 bits per heavy atom. The van der Waals surface area contributed by atoms with Gasteiger partial charge in [-0.15, -0.1) is 0 Å². The van der Waals surface area contributed by atoms with E-state index in [1.165, 1.54) is 0 Å². The molecule has 0 saturated carbocycles. The molecule has 2 rings (SSSR count). The van der Waals surface area contributed by atoms with Crippen LogP contribution in [0.5, 0.6) is 0 Å². The lowest BCUT2D eigenvalue weighted by Crippen LogP contribution is -2.32. The summed E-state index contributed by atoms with van der Waals surface area (Å²) in [6.07, 6.45) is 0.880. The van der Waals surface area contributed by atoms with Gasteiger partial charge in [0.2, 0.25) is 0 Å². The van der Waals surface area contributed by atoms with Crippen molar-refractivity contribution in [2.75, 3.05) is 0 Å². The molecule has 0 aliphatic rings. The monoisotopic (exact) mass is 273 g/mol. The molecule has 0 radical (unpaired) electrons. The van der Waals surface area contributed by atoms with Crippen molar-refractivity contribution < 1.29 is 4.79 Å². The first-order valence-corrected chi connectivity index (χ1v) is 6.72. The van der Waals surface area contributed by atoms with Crippen molar-refractivity contribution in [3.63, 3.8) is 0 Å². The SMILES string of the molecule is CCC(C)NC(=O)c1ccc2c(c1)nc(C)c(=O)n2C. The van der Waals surface area contributed by atoms with E-state index in [2.05, 4.69) is 10.3 Å². The van der Waals surface area contributed by atoms with E-state index in [-0.39, 0.29) is 17.5 Å². The predicted molar refractivity (Wildman–Crippen MR) is 78.9 cm³/mol. The second-order valence-corrected chi connectivity index (χ2v) is 5.05. The van der Waals surface area contributed by atoms with Gasteiger partial charge in [0.15, 0.2) is 0 Å². The summed E-state index contributed by atoms with van der Waals surface area (Å²) in [4.78, 5) is 28.2. The maximum atomic E-state index is 12.1. The third kappa shape index (κ3) is 2.57. The van der Waals surface area contributed by atoms with Gasteiger partial charge in [-0.3, -0.25) is 9.59 Å². The molecule has 1 heterocycles. The number of aryl methyl sites for hydroxylation is 2. The van der Waals surface area contributed by atoms with Crippen LogP contribution in [0.3, 0.4) is 0 Å². The number of amides is 1. The molecule has 0 aliphatic carbocycles. The largest absolute Gasteiger partial charge is 0.350 e. The zero-order chi connectivity index (χ0) is 14.9. The molecule has 5 heteroatoms. The van der Waals surface area contributed by atoms with E-state index in [0.29, 0.717) is 16.8 Å². The first kappa shape index (κ1) is 14.2. The van der Waals surface area contributed by atoms with Crippen LogP contribution in [0.2, 0.25) is 0 Å². The molecular weight excluding hydrogens is 254 g/mol. The Bertz CT molecular complexity index is 719. The van der Waals surface area contributed by atoms with Gasteiger partial charge in [0, 0.05) is 18.7 Å². The van der Waals surface area contributed by atoms with E-state index in [4.69, 9.17) is 0 Å². The number of fused-ring (bicyclic) bond motifs is 1. The predicted octanol–water partition coefficient (Wildman–Crippen LogP) is 1.77. The molecule has 1 atom stereocenters. The van der Waals surface area contributed by atoms with Crippen LogP contribution in [-0.4, -0.2) is 21.5 Å². The molecule has 2 aromatic rings. The van der Waals surface area contributed by atoms with Crippen LogP contribution < -0.4 is 10.9 Å². The van der Waals surface area contributed by atoms with Crippen LogP contribution in [-0.2, 0) is 7.05 Å². The first-order chi connectivity index (χ1) is 9.43. The van der Waals surface area contributed by atoms with Gasteiger partial charge in [0.1, 0.15) is 5.69 Å². The quantitative estimate of drug-likeness (QED) is 0.927. The van der Waals surface area contributed by atoms with E-state index in [0.717, 1.165) is 11.9 Å². The number of hydrogen-bond donors (Lipinski definition) is 1. The van der Waals surface area contributed by atoms with Crippen molar-refractivity contribution in [3.8, 4) is 0 Å². The molecule has 1 unspecified atom stereocenters. The van der Waals surface area contributed by atoms with Crippen molar-refractivity contribution in [2.45, 2.75) is 33.2 Å². The molecule has 1 aromatic heterocycles. The highest BCUT2D eigenvalue weighted by atomic mass is 16.1. The summed E-state index contributed by atoms with van der Waals surface area (Å²) in [6.45, 7) is 5.66. The molecule has 106 valence electrons. The average Bonchev–Trinajstić information content (AvgIpc) is 2.44. The van der Waals surface area contributed by atoms with Crippen molar-refractivity contribution >= 4 is 16.9 Å². The maximum absolute atomic E-state index is 12.1. The fraction of sp³-hybridized carbons (Fsp3) is 0.400. The molecule has 1 amide bonds. The average molecular weight is 273 g/mol. The van der Waals surface area contributed by atoms with Crippen LogP contribution in [0.15, 0.2) is 23.0 Å². The number of benzene rings is 1. The van der Waals surface area contributed by atoms with Crippen LogP contribution in [0.4, 0.5) is 0 Å². The summed E-state index contributed by atoms with van der Waals surface area (Å²) in [7, 11) is 1.71. The van der Waals surface area contributed by atoms with Gasteiger partial charge < -0.3 is 9.88 Å². The van der Waals surface area contributed by atoms with Gasteiger partial charge in [-0.1, -0.05) is 6.92 Å². The summed E-state index contributed by atoms with van der Waals surface area (Å²) in [5.41, 5.74) is 2.25. The minimum absolute atomic E-state index is 0.116. The summed E-state index contributed by atoms with van der Waals surface area (Å²) in [6, 6.07) is 5.33. The highest BCUT2D eigenvalue weighted by Crippen LogP contribution is 2.12. The molecule has 0 saturated heterocycles. The van der Waals surface area contributed by atoms with E-state index in [1.807, 2.05) is 13.8 Å². The Labute approximate surface area is 117 Å². The zero-order valence-corrected chi connectivity index (χ0v) is 12.2. The second kappa shape index (κ2) is 5.45. The van der Waals surface area contributed by atoms with Gasteiger partial charge >= 0.3 is 0 Å². The fourth-order valence-electron chi connectivity index (χ4n) is 2.03. The second-order valence-electron chi connectivity index (χ2n) is 5.05. The van der Waals surface area contributed by atoms with Gasteiger partial charge in [-0.2, -0.15) is 0 Å². The lowest BCUT2D eigenvalue weighted by molar-refractivity contribution is 0.0939. The van der Waals surface area contributed by atoms with Gasteiger partial charge in [0.25, 0.3) is 11.5 Å². The third-order valence-electron chi connectivity index (χ3n) is 3.49. The topological polar surface area (TPSA) is 64.0 Å². The van der Waals surface area contributed by atoms with Crippen LogP contribution in [0, 0.1) is 6.92 Å². The van der Waals surface area contributed by atoms with E-state index in [1.54, 1.807) is 36.7 Å². The van der Waals surface area contributed by atoms with Crippen LogP contribution in [0.25, 0.3) is 11.0 Å². The molecule has 1 aromatic carbocycles. The molecule has 0 fully saturated rings. The highest BCUT2D eigenvalue weighted by molar-refractivity contribution is 5.97. The molecular formula is C15H19N3O2. The zero-order valence-electron chi connectivity index (χ0n) is 12.2. The minimum atomic E-state index is -0.116. The van der Waals surface area contributed by atoms with Gasteiger partial charge in [-0.05, 0) is 38.5 Å². The lowest BCUT2D eigenvalue weighted by atomic mass is 10.1. The van der Waals surface area contributed by atoms with E-state index >= 15 is 0 Å². The number of nitrogens with zero attached hydrogens (tertiary/aromatic N) is 2. The Morgan fingerprint density at radius 3 is 2.80 bits per heavy atom. The number of rotatable bonds is 3. The molecule has 5 nitrogen and oxygen atoms in total. The van der Waals surface area contributed by atoms with E-state index in [9.17, 15) is 9.59 Å². The smallest absolute Gasteiger partial charge is 0.272 e. The molecule has 0 aliphatic heterocycles. The number of carbonyl (C=O) groups is 1. The van der Waals surface area contributed by atoms with Gasteiger partial charge in [0.05, 0.1) is 11.0 Å². The Kier molecular flexibility index (Phi) is 3.88. The summed E-state index contributed by atoms with van der Waals surface area (Å²) < 4.78 is 1.55. The lowest BCUT2D eigenvalue weighted by Gasteiger charge is -2.12. The molecule has 1 N–H and O–H groups in total. The van der Waals surface area contributed by atoms with Crippen molar-refractivity contribution in [1.82, 2.24) is 14.9 Å². The first-order valence-electron chi connectivity index (χ1n) is 6.72. The van der Waals surface area contributed by atoms with Crippen LogP contribution >= 0.6 is 0 Å². The van der Waals surface area contributed by atoms with Gasteiger partial charge in [-0.25, -0.2) is 4.98 Å². The maximum Gasteiger partial charge on any atom is 0.272 e. The third-order valence-corrected chi connectivity index (χ3v) is 3.49. The molecule has 20 heavy (non-hydrogen) atoms. The van der Waals surface area contributed by atoms with Crippen LogP contribution in [0.1, 0.15) is 36.3 Å². The standard InChI is InChI=1S/C15H19N3O2/c1-5-9(2)16-14(19)11-6-7-13-12(8-11)17-10(3)15(20)18(13)4/h6-9H,5H2,1-4H3,(H,16,19). The van der Waals surface area contributed by atoms with Crippen molar-refractivity contribution in [3.05, 3.63) is 39.8 Å². The summed E-state index contributed by atoms with van der Waals surface area (Å²) in [5.74, 6) is -0.116. The Balaban J connectivity index is 2.47. The van der Waals surface area contributed by atoms with Crippen molar-refractivity contribution in [2.24, 2.45) is 7.05 Å². The normalized spacial score (nSPS) is 12.4. The number of nitrogens with one attached hydrogen (secondary N) is 1. The minimum Gasteiger partial charge on any atom is -0.350 e. The number of carbonyl (C=O) groups excluding carboxylic acids is 1. The van der Waals surface area contributed by atoms with Crippen molar-refractivity contribution in [1.29, 1.82) is 0 Å². The summed E-state index contributed by atoms with van der Waals surface area (Å²) in [5, 5.41) is 2.92. The molecule has 0 bridgehead atoms. The number of aromatic nitrogens is 2. The van der Waals surface area contributed by atoms with E-state index < -0.39 is 0 Å². The Hall–Kier alpha value is -2.17. The molecule has 0 spiro atoms. The highest BCUT2D eigenvalue weighted by Gasteiger charge is 2.11.